The van der Waals surface area contributed by atoms with E-state index in [0.717, 1.165) is 19.0 Å². The van der Waals surface area contributed by atoms with Crippen molar-refractivity contribution >= 4 is 10.0 Å². The Bertz CT molecular complexity index is 358. The first kappa shape index (κ1) is 14.2. The van der Waals surface area contributed by atoms with Crippen molar-refractivity contribution in [2.45, 2.75) is 44.2 Å². The Labute approximate surface area is 110 Å². The molecule has 5 nitrogen and oxygen atoms in total. The lowest BCUT2D eigenvalue weighted by Gasteiger charge is -2.32. The molecule has 2 N–H and O–H groups in total. The van der Waals surface area contributed by atoms with Crippen LogP contribution in [0.15, 0.2) is 0 Å². The molecule has 0 aromatic rings. The molecule has 0 radical (unpaired) electrons. The van der Waals surface area contributed by atoms with Crippen LogP contribution in [0.1, 0.15) is 32.1 Å². The summed E-state index contributed by atoms with van der Waals surface area (Å²) in [5.41, 5.74) is 0. The van der Waals surface area contributed by atoms with Crippen molar-refractivity contribution < 1.29 is 8.42 Å². The molecule has 0 saturated carbocycles. The first-order chi connectivity index (χ1) is 8.56. The van der Waals surface area contributed by atoms with E-state index in [-0.39, 0.29) is 0 Å². The van der Waals surface area contributed by atoms with Crippen molar-refractivity contribution in [3.8, 4) is 0 Å². The summed E-state index contributed by atoms with van der Waals surface area (Å²) in [5, 5.41) is 3.59. The van der Waals surface area contributed by atoms with Crippen molar-refractivity contribution in [3.05, 3.63) is 0 Å². The second-order valence-electron chi connectivity index (χ2n) is 5.47. The van der Waals surface area contributed by atoms with Crippen molar-refractivity contribution in [2.24, 2.45) is 0 Å². The third kappa shape index (κ3) is 4.19. The Kier molecular flexibility index (Phi) is 5.00. The van der Waals surface area contributed by atoms with E-state index in [2.05, 4.69) is 14.9 Å². The fourth-order valence-corrected chi connectivity index (χ4v) is 3.63. The molecule has 2 rings (SSSR count). The van der Waals surface area contributed by atoms with Crippen LogP contribution in [0, 0.1) is 0 Å². The summed E-state index contributed by atoms with van der Waals surface area (Å²) in [6.45, 7) is 3.92. The quantitative estimate of drug-likeness (QED) is 0.677. The third-order valence-electron chi connectivity index (χ3n) is 3.98. The summed E-state index contributed by atoms with van der Waals surface area (Å²) < 4.78 is 24.3. The van der Waals surface area contributed by atoms with Crippen molar-refractivity contribution in [1.29, 1.82) is 0 Å². The number of nitrogens with one attached hydrogen (secondary N) is 2. The number of hydrogen-bond donors (Lipinski definition) is 2. The fourth-order valence-electron chi connectivity index (χ4n) is 3.12. The van der Waals surface area contributed by atoms with E-state index in [9.17, 15) is 8.42 Å². The van der Waals surface area contributed by atoms with E-state index in [1.807, 2.05) is 0 Å². The molecule has 0 aliphatic carbocycles. The molecule has 106 valence electrons. The summed E-state index contributed by atoms with van der Waals surface area (Å²) in [6, 6.07) is 1.34. The summed E-state index contributed by atoms with van der Waals surface area (Å²) in [6.07, 6.45) is 7.33. The van der Waals surface area contributed by atoms with Gasteiger partial charge in [-0.1, -0.05) is 6.42 Å². The Morgan fingerprint density at radius 3 is 2.78 bits per heavy atom. The molecule has 2 heterocycles. The molecule has 0 aromatic heterocycles. The molecule has 2 saturated heterocycles. The van der Waals surface area contributed by atoms with Crippen molar-refractivity contribution in [3.63, 3.8) is 0 Å². The summed E-state index contributed by atoms with van der Waals surface area (Å²) in [4.78, 5) is 2.61. The highest BCUT2D eigenvalue weighted by molar-refractivity contribution is 7.88. The minimum Gasteiger partial charge on any atom is -0.312 e. The van der Waals surface area contributed by atoms with E-state index in [1.54, 1.807) is 0 Å². The monoisotopic (exact) mass is 275 g/mol. The average Bonchev–Trinajstić information content (AvgIpc) is 2.71. The van der Waals surface area contributed by atoms with E-state index < -0.39 is 10.0 Å². The minimum absolute atomic E-state index is 0.535. The van der Waals surface area contributed by atoms with Gasteiger partial charge in [-0.3, -0.25) is 4.90 Å². The summed E-state index contributed by atoms with van der Waals surface area (Å²) >= 11 is 0. The van der Waals surface area contributed by atoms with Crippen molar-refractivity contribution in [1.82, 2.24) is 14.9 Å². The zero-order valence-corrected chi connectivity index (χ0v) is 12.0. The molecular weight excluding hydrogens is 250 g/mol. The number of rotatable bonds is 6. The second-order valence-corrected chi connectivity index (χ2v) is 7.30. The first-order valence-electron chi connectivity index (χ1n) is 6.98. The van der Waals surface area contributed by atoms with Gasteiger partial charge in [0.2, 0.25) is 10.0 Å². The van der Waals surface area contributed by atoms with Gasteiger partial charge in [-0.2, -0.15) is 0 Å². The van der Waals surface area contributed by atoms with Gasteiger partial charge in [-0.15, -0.1) is 0 Å². The summed E-state index contributed by atoms with van der Waals surface area (Å²) in [7, 11) is -3.03. The Morgan fingerprint density at radius 1 is 1.17 bits per heavy atom. The highest BCUT2D eigenvalue weighted by Crippen LogP contribution is 2.26. The number of fused-ring (bicyclic) bond motifs is 1. The molecule has 2 unspecified atom stereocenters. The zero-order valence-electron chi connectivity index (χ0n) is 11.2. The van der Waals surface area contributed by atoms with E-state index in [1.165, 1.54) is 45.0 Å². The second kappa shape index (κ2) is 6.32. The van der Waals surface area contributed by atoms with Gasteiger partial charge >= 0.3 is 0 Å². The zero-order chi connectivity index (χ0) is 13.0. The largest absolute Gasteiger partial charge is 0.312 e. The van der Waals surface area contributed by atoms with Gasteiger partial charge in [-0.25, -0.2) is 13.1 Å². The predicted molar refractivity (Wildman–Crippen MR) is 73.1 cm³/mol. The molecular formula is C12H25N3O2S. The van der Waals surface area contributed by atoms with Crippen LogP contribution < -0.4 is 10.0 Å². The normalized spacial score (nSPS) is 29.4. The van der Waals surface area contributed by atoms with Crippen LogP contribution >= 0.6 is 0 Å². The van der Waals surface area contributed by atoms with Gasteiger partial charge in [-0.05, 0) is 38.8 Å². The van der Waals surface area contributed by atoms with Crippen LogP contribution in [0.4, 0.5) is 0 Å². The molecule has 2 aliphatic heterocycles. The molecule has 6 heteroatoms. The number of nitrogens with zero attached hydrogens (tertiary/aromatic N) is 1. The van der Waals surface area contributed by atoms with Crippen molar-refractivity contribution in [2.75, 3.05) is 32.4 Å². The van der Waals surface area contributed by atoms with E-state index >= 15 is 0 Å². The van der Waals surface area contributed by atoms with Gasteiger partial charge in [0.1, 0.15) is 0 Å². The number of hydrogen-bond acceptors (Lipinski definition) is 4. The maximum absolute atomic E-state index is 10.9. The molecule has 2 aliphatic rings. The van der Waals surface area contributed by atoms with Crippen LogP contribution in [0.2, 0.25) is 0 Å². The van der Waals surface area contributed by atoms with Crippen LogP contribution in [0.3, 0.4) is 0 Å². The number of sulfonamides is 1. The van der Waals surface area contributed by atoms with E-state index in [0.29, 0.717) is 12.6 Å². The van der Waals surface area contributed by atoms with Gasteiger partial charge < -0.3 is 5.32 Å². The Morgan fingerprint density at radius 2 is 2.00 bits per heavy atom. The topological polar surface area (TPSA) is 61.4 Å². The SMILES string of the molecule is CS(=O)(=O)NCCCNC1CCN2CCCCC12. The third-order valence-corrected chi connectivity index (χ3v) is 4.71. The van der Waals surface area contributed by atoms with Crippen LogP contribution in [-0.4, -0.2) is 57.8 Å². The minimum atomic E-state index is -3.03. The molecule has 0 bridgehead atoms. The van der Waals surface area contributed by atoms with Gasteiger partial charge in [0.15, 0.2) is 0 Å². The molecule has 2 fully saturated rings. The predicted octanol–water partition coefficient (Wildman–Crippen LogP) is 0.142. The smallest absolute Gasteiger partial charge is 0.208 e. The van der Waals surface area contributed by atoms with E-state index in [4.69, 9.17) is 0 Å². The standard InChI is InChI=1S/C12H25N3O2S/c1-18(16,17)14-8-4-7-13-11-6-10-15-9-3-2-5-12(11)15/h11-14H,2-10H2,1H3. The number of piperidine rings is 1. The maximum Gasteiger partial charge on any atom is 0.208 e. The van der Waals surface area contributed by atoms with Gasteiger partial charge in [0, 0.05) is 25.2 Å². The lowest BCUT2D eigenvalue weighted by molar-refractivity contribution is 0.180. The van der Waals surface area contributed by atoms with Gasteiger partial charge in [0.05, 0.1) is 6.26 Å². The fraction of sp³-hybridized carbons (Fsp3) is 1.00. The molecule has 0 aromatic carbocycles. The van der Waals surface area contributed by atoms with Crippen LogP contribution in [0.5, 0.6) is 0 Å². The molecule has 0 spiro atoms. The highest BCUT2D eigenvalue weighted by Gasteiger charge is 2.34. The highest BCUT2D eigenvalue weighted by atomic mass is 32.2. The Balaban J connectivity index is 1.62. The lowest BCUT2D eigenvalue weighted by atomic mass is 9.99. The lowest BCUT2D eigenvalue weighted by Crippen LogP contribution is -2.45. The molecule has 0 amide bonds. The average molecular weight is 275 g/mol. The van der Waals surface area contributed by atoms with Crippen LogP contribution in [0.25, 0.3) is 0 Å². The maximum atomic E-state index is 10.9. The first-order valence-corrected chi connectivity index (χ1v) is 8.87. The molecule has 2 atom stereocenters. The van der Waals surface area contributed by atoms with Crippen LogP contribution in [-0.2, 0) is 10.0 Å². The van der Waals surface area contributed by atoms with Gasteiger partial charge in [0.25, 0.3) is 0 Å². The molecule has 18 heavy (non-hydrogen) atoms. The Hall–Kier alpha value is -0.170. The summed E-state index contributed by atoms with van der Waals surface area (Å²) in [5.74, 6) is 0.